The molecule has 2 aromatic carbocycles. The summed E-state index contributed by atoms with van der Waals surface area (Å²) in [5, 5.41) is 12.5. The average Bonchev–Trinajstić information content (AvgIpc) is 2.95. The molecule has 3 rings (SSSR count). The molecule has 0 saturated carbocycles. The summed E-state index contributed by atoms with van der Waals surface area (Å²) in [6, 6.07) is 18.1. The highest BCUT2D eigenvalue weighted by molar-refractivity contribution is 5.93. The predicted molar refractivity (Wildman–Crippen MR) is 91.4 cm³/mol. The van der Waals surface area contributed by atoms with E-state index in [2.05, 4.69) is 17.4 Å². The van der Waals surface area contributed by atoms with Crippen molar-refractivity contribution in [2.24, 2.45) is 0 Å². The van der Waals surface area contributed by atoms with Crippen LogP contribution in [-0.2, 0) is 11.2 Å². The van der Waals surface area contributed by atoms with Crippen LogP contribution in [0, 0.1) is 0 Å². The minimum atomic E-state index is -0.298. The molecule has 2 aromatic rings. The Labute approximate surface area is 136 Å². The topological polar surface area (TPSA) is 52.6 Å². The molecule has 0 unspecified atom stereocenters. The molecule has 1 heterocycles. The van der Waals surface area contributed by atoms with Crippen LogP contribution in [0.1, 0.15) is 17.5 Å². The van der Waals surface area contributed by atoms with Crippen molar-refractivity contribution in [3.05, 3.63) is 65.7 Å². The zero-order chi connectivity index (χ0) is 16.1. The molecular weight excluding hydrogens is 288 g/mol. The van der Waals surface area contributed by atoms with Crippen molar-refractivity contribution in [1.82, 2.24) is 4.90 Å². The van der Waals surface area contributed by atoms with Crippen LogP contribution in [0.25, 0.3) is 0 Å². The lowest BCUT2D eigenvalue weighted by Gasteiger charge is -2.16. The lowest BCUT2D eigenvalue weighted by Crippen LogP contribution is -2.32. The van der Waals surface area contributed by atoms with E-state index in [9.17, 15) is 9.90 Å². The molecule has 23 heavy (non-hydrogen) atoms. The monoisotopic (exact) mass is 310 g/mol. The first-order valence-electron chi connectivity index (χ1n) is 8.03. The van der Waals surface area contributed by atoms with Gasteiger partial charge in [0.25, 0.3) is 0 Å². The Kier molecular flexibility index (Phi) is 5.05. The minimum absolute atomic E-state index is 0.0281. The number of hydrogen-bond donors (Lipinski definition) is 2. The van der Waals surface area contributed by atoms with E-state index in [-0.39, 0.29) is 12.0 Å². The van der Waals surface area contributed by atoms with E-state index in [1.807, 2.05) is 47.4 Å². The zero-order valence-electron chi connectivity index (χ0n) is 13.1. The number of nitrogens with one attached hydrogen (secondary N) is 1. The fourth-order valence-electron chi connectivity index (χ4n) is 2.96. The molecule has 120 valence electrons. The van der Waals surface area contributed by atoms with Crippen molar-refractivity contribution in [2.75, 3.05) is 25.0 Å². The van der Waals surface area contributed by atoms with Crippen LogP contribution in [0.3, 0.4) is 0 Å². The van der Waals surface area contributed by atoms with Gasteiger partial charge in [0, 0.05) is 18.8 Å². The van der Waals surface area contributed by atoms with E-state index in [0.29, 0.717) is 13.1 Å². The number of hydrogen-bond acceptors (Lipinski definition) is 3. The van der Waals surface area contributed by atoms with Crippen LogP contribution < -0.4 is 5.32 Å². The Balaban J connectivity index is 1.64. The smallest absolute Gasteiger partial charge is 0.238 e. The molecule has 4 heteroatoms. The maximum absolute atomic E-state index is 12.2. The molecule has 1 amide bonds. The Morgan fingerprint density at radius 2 is 1.87 bits per heavy atom. The Morgan fingerprint density at radius 1 is 1.13 bits per heavy atom. The third kappa shape index (κ3) is 4.41. The number of carbonyl (C=O) groups excluding carboxylic acids is 1. The summed E-state index contributed by atoms with van der Waals surface area (Å²) in [6.07, 6.45) is 1.24. The molecular formula is C19H22N2O2. The van der Waals surface area contributed by atoms with Crippen LogP contribution in [0.2, 0.25) is 0 Å². The molecule has 0 spiro atoms. The van der Waals surface area contributed by atoms with Gasteiger partial charge in [0.05, 0.1) is 12.6 Å². The maximum Gasteiger partial charge on any atom is 0.238 e. The maximum atomic E-state index is 12.2. The number of β-amino-alcohol motifs (C(OH)–C–C–N with tert-alkyl or cyclic N) is 1. The second kappa shape index (κ2) is 7.40. The summed E-state index contributed by atoms with van der Waals surface area (Å²) in [4.78, 5) is 14.2. The highest BCUT2D eigenvalue weighted by Crippen LogP contribution is 2.19. The van der Waals surface area contributed by atoms with Gasteiger partial charge in [-0.15, -0.1) is 0 Å². The minimum Gasteiger partial charge on any atom is -0.392 e. The Bertz CT molecular complexity index is 657. The van der Waals surface area contributed by atoms with Crippen LogP contribution in [0.5, 0.6) is 0 Å². The van der Waals surface area contributed by atoms with E-state index in [1.54, 1.807) is 0 Å². The number of carbonyl (C=O) groups is 1. The van der Waals surface area contributed by atoms with Crippen LogP contribution >= 0.6 is 0 Å². The van der Waals surface area contributed by atoms with Crippen LogP contribution in [-0.4, -0.2) is 41.7 Å². The normalized spacial score (nSPS) is 18.0. The standard InChI is InChI=1S/C19H22N2O2/c22-17-10-11-21(13-17)14-19(23)20-18-9-5-4-8-16(18)12-15-6-2-1-3-7-15/h1-9,17,22H,10-14H2,(H,20,23)/t17-/m0/s1. The van der Waals surface area contributed by atoms with Crippen molar-refractivity contribution >= 4 is 11.6 Å². The Morgan fingerprint density at radius 3 is 2.61 bits per heavy atom. The van der Waals surface area contributed by atoms with Gasteiger partial charge < -0.3 is 10.4 Å². The molecule has 1 fully saturated rings. The molecule has 1 saturated heterocycles. The van der Waals surface area contributed by atoms with Crippen LogP contribution in [0.15, 0.2) is 54.6 Å². The number of likely N-dealkylation sites (tertiary alicyclic amines) is 1. The van der Waals surface area contributed by atoms with Gasteiger partial charge in [-0.1, -0.05) is 48.5 Å². The number of amides is 1. The fourth-order valence-corrected chi connectivity index (χ4v) is 2.96. The lowest BCUT2D eigenvalue weighted by atomic mass is 10.0. The molecule has 0 aromatic heterocycles. The highest BCUT2D eigenvalue weighted by Gasteiger charge is 2.22. The summed E-state index contributed by atoms with van der Waals surface area (Å²) < 4.78 is 0. The number of nitrogens with zero attached hydrogens (tertiary/aromatic N) is 1. The largest absolute Gasteiger partial charge is 0.392 e. The van der Waals surface area contributed by atoms with Crippen molar-refractivity contribution in [3.63, 3.8) is 0 Å². The molecule has 0 radical (unpaired) electrons. The zero-order valence-corrected chi connectivity index (χ0v) is 13.1. The number of aliphatic hydroxyl groups is 1. The highest BCUT2D eigenvalue weighted by atomic mass is 16.3. The van der Waals surface area contributed by atoms with E-state index >= 15 is 0 Å². The summed E-state index contributed by atoms with van der Waals surface area (Å²) in [5.41, 5.74) is 3.19. The van der Waals surface area contributed by atoms with Gasteiger partial charge in [-0.05, 0) is 30.0 Å². The SMILES string of the molecule is O=C(CN1CC[C@H](O)C1)Nc1ccccc1Cc1ccccc1. The molecule has 2 N–H and O–H groups in total. The summed E-state index contributed by atoms with van der Waals surface area (Å²) in [7, 11) is 0. The summed E-state index contributed by atoms with van der Waals surface area (Å²) in [5.74, 6) is -0.0281. The average molecular weight is 310 g/mol. The number of rotatable bonds is 5. The molecule has 1 atom stereocenters. The van der Waals surface area contributed by atoms with Gasteiger partial charge in [0.15, 0.2) is 0 Å². The van der Waals surface area contributed by atoms with Gasteiger partial charge in [-0.3, -0.25) is 9.69 Å². The second-order valence-corrected chi connectivity index (χ2v) is 6.05. The number of benzene rings is 2. The summed E-state index contributed by atoms with van der Waals surface area (Å²) >= 11 is 0. The molecule has 4 nitrogen and oxygen atoms in total. The summed E-state index contributed by atoms with van der Waals surface area (Å²) in [6.45, 7) is 1.69. The van der Waals surface area contributed by atoms with E-state index in [0.717, 1.165) is 30.6 Å². The lowest BCUT2D eigenvalue weighted by molar-refractivity contribution is -0.117. The Hall–Kier alpha value is -2.17. The number of para-hydroxylation sites is 1. The van der Waals surface area contributed by atoms with Gasteiger partial charge in [-0.25, -0.2) is 0 Å². The quantitative estimate of drug-likeness (QED) is 0.891. The van der Waals surface area contributed by atoms with Gasteiger partial charge >= 0.3 is 0 Å². The van der Waals surface area contributed by atoms with Crippen molar-refractivity contribution in [1.29, 1.82) is 0 Å². The van der Waals surface area contributed by atoms with Gasteiger partial charge in [0.1, 0.15) is 0 Å². The predicted octanol–water partition coefficient (Wildman–Crippen LogP) is 2.28. The molecule has 1 aliphatic rings. The van der Waals surface area contributed by atoms with E-state index < -0.39 is 0 Å². The van der Waals surface area contributed by atoms with Crippen molar-refractivity contribution < 1.29 is 9.90 Å². The van der Waals surface area contributed by atoms with Gasteiger partial charge in [-0.2, -0.15) is 0 Å². The first-order valence-corrected chi connectivity index (χ1v) is 8.03. The van der Waals surface area contributed by atoms with Crippen LogP contribution in [0.4, 0.5) is 5.69 Å². The van der Waals surface area contributed by atoms with Crippen molar-refractivity contribution in [3.8, 4) is 0 Å². The third-order valence-corrected chi connectivity index (χ3v) is 4.14. The first kappa shape index (κ1) is 15.7. The molecule has 0 aliphatic carbocycles. The van der Waals surface area contributed by atoms with E-state index in [4.69, 9.17) is 0 Å². The molecule has 1 aliphatic heterocycles. The third-order valence-electron chi connectivity index (χ3n) is 4.14. The fraction of sp³-hybridized carbons (Fsp3) is 0.316. The van der Waals surface area contributed by atoms with Gasteiger partial charge in [0.2, 0.25) is 5.91 Å². The first-order chi connectivity index (χ1) is 11.2. The second-order valence-electron chi connectivity index (χ2n) is 6.05. The molecule has 0 bridgehead atoms. The number of anilines is 1. The van der Waals surface area contributed by atoms with Crippen molar-refractivity contribution in [2.45, 2.75) is 18.9 Å². The number of aliphatic hydroxyl groups excluding tert-OH is 1. The van der Waals surface area contributed by atoms with E-state index in [1.165, 1.54) is 5.56 Å².